The molecule has 0 rings (SSSR count). The molecule has 0 aromatic carbocycles. The summed E-state index contributed by atoms with van der Waals surface area (Å²) in [4.78, 5) is 0. The Morgan fingerprint density at radius 2 is 1.67 bits per heavy atom. The minimum absolute atomic E-state index is 0.666. The molecule has 70 valence electrons. The van der Waals surface area contributed by atoms with Crippen LogP contribution in [0.1, 0.15) is 27.2 Å². The molecule has 0 saturated carbocycles. The molecular weight excluding hydrogens is 152 g/mol. The zero-order valence-electron chi connectivity index (χ0n) is 8.27. The predicted octanol–water partition coefficient (Wildman–Crippen LogP) is 1.47. The van der Waals surface area contributed by atoms with E-state index in [0.29, 0.717) is 11.5 Å². The lowest BCUT2D eigenvalue weighted by molar-refractivity contribution is 0.293. The van der Waals surface area contributed by atoms with E-state index in [-0.39, 0.29) is 0 Å². The van der Waals surface area contributed by atoms with Crippen molar-refractivity contribution in [3.8, 4) is 0 Å². The van der Waals surface area contributed by atoms with E-state index in [1.807, 2.05) is 13.8 Å². The topological polar surface area (TPSA) is 61.3 Å². The summed E-state index contributed by atoms with van der Waals surface area (Å²) in [6, 6.07) is 0. The second-order valence-electron chi connectivity index (χ2n) is 2.73. The zero-order valence-corrected chi connectivity index (χ0v) is 8.27. The van der Waals surface area contributed by atoms with Gasteiger partial charge < -0.3 is 16.2 Å². The molecule has 0 radical (unpaired) electrons. The number of rotatable bonds is 3. The summed E-state index contributed by atoms with van der Waals surface area (Å²) in [5.74, 6) is 0.706. The SMILES string of the molecule is CCC(=C(\C)N)/C(OC)=C(/C)N. The van der Waals surface area contributed by atoms with Gasteiger partial charge in [-0.1, -0.05) is 6.92 Å². The Morgan fingerprint density at radius 3 is 1.75 bits per heavy atom. The lowest BCUT2D eigenvalue weighted by Crippen LogP contribution is -2.07. The molecule has 0 heterocycles. The van der Waals surface area contributed by atoms with Crippen molar-refractivity contribution in [2.75, 3.05) is 7.11 Å². The van der Waals surface area contributed by atoms with E-state index in [4.69, 9.17) is 16.2 Å². The first-order valence-corrected chi connectivity index (χ1v) is 4.00. The Hall–Kier alpha value is -1.12. The predicted molar refractivity (Wildman–Crippen MR) is 51.1 cm³/mol. The maximum absolute atomic E-state index is 5.67. The Kier molecular flexibility index (Phi) is 4.26. The molecule has 0 aliphatic heterocycles. The highest BCUT2D eigenvalue weighted by molar-refractivity contribution is 5.31. The first-order chi connectivity index (χ1) is 5.54. The fraction of sp³-hybridized carbons (Fsp3) is 0.556. The van der Waals surface area contributed by atoms with Crippen LogP contribution >= 0.6 is 0 Å². The van der Waals surface area contributed by atoms with Gasteiger partial charge >= 0.3 is 0 Å². The standard InChI is InChI=1S/C9H18N2O/c1-5-8(6(2)10)9(12-4)7(3)11/h5,10-11H2,1-4H3/b8-6-,9-7+. The molecule has 0 amide bonds. The number of allylic oxidation sites excluding steroid dienone is 3. The van der Waals surface area contributed by atoms with Gasteiger partial charge in [0.2, 0.25) is 0 Å². The van der Waals surface area contributed by atoms with Gasteiger partial charge in [-0.15, -0.1) is 0 Å². The smallest absolute Gasteiger partial charge is 0.142 e. The molecule has 0 fully saturated rings. The van der Waals surface area contributed by atoms with E-state index in [1.165, 1.54) is 0 Å². The minimum atomic E-state index is 0.666. The van der Waals surface area contributed by atoms with Crippen LogP contribution in [0.15, 0.2) is 22.7 Å². The monoisotopic (exact) mass is 170 g/mol. The zero-order chi connectivity index (χ0) is 9.72. The third-order valence-electron chi connectivity index (χ3n) is 1.67. The summed E-state index contributed by atoms with van der Waals surface area (Å²) in [5.41, 5.74) is 13.7. The first-order valence-electron chi connectivity index (χ1n) is 4.00. The molecule has 0 aliphatic rings. The number of nitrogens with two attached hydrogens (primary N) is 2. The molecule has 0 aromatic heterocycles. The van der Waals surface area contributed by atoms with Crippen molar-refractivity contribution >= 4 is 0 Å². The first kappa shape index (κ1) is 10.9. The molecule has 0 unspecified atom stereocenters. The van der Waals surface area contributed by atoms with Gasteiger partial charge in [-0.05, 0) is 20.3 Å². The lowest BCUT2D eigenvalue weighted by Gasteiger charge is -2.12. The van der Waals surface area contributed by atoms with E-state index in [9.17, 15) is 0 Å². The molecule has 0 aliphatic carbocycles. The number of hydrogen-bond acceptors (Lipinski definition) is 3. The van der Waals surface area contributed by atoms with Crippen LogP contribution in [0.2, 0.25) is 0 Å². The second-order valence-corrected chi connectivity index (χ2v) is 2.73. The number of ether oxygens (including phenoxy) is 1. The van der Waals surface area contributed by atoms with Gasteiger partial charge in [0.25, 0.3) is 0 Å². The fourth-order valence-electron chi connectivity index (χ4n) is 1.14. The van der Waals surface area contributed by atoms with Crippen molar-refractivity contribution in [1.29, 1.82) is 0 Å². The summed E-state index contributed by atoms with van der Waals surface area (Å²) in [6.07, 6.45) is 0.833. The fourth-order valence-corrected chi connectivity index (χ4v) is 1.14. The molecule has 3 nitrogen and oxygen atoms in total. The molecular formula is C9H18N2O. The van der Waals surface area contributed by atoms with E-state index in [2.05, 4.69) is 0 Å². The van der Waals surface area contributed by atoms with Crippen molar-refractivity contribution < 1.29 is 4.74 Å². The summed E-state index contributed by atoms with van der Waals surface area (Å²) < 4.78 is 5.14. The van der Waals surface area contributed by atoms with Crippen molar-refractivity contribution in [1.82, 2.24) is 0 Å². The van der Waals surface area contributed by atoms with Gasteiger partial charge in [0.05, 0.1) is 7.11 Å². The molecule has 0 saturated heterocycles. The summed E-state index contributed by atoms with van der Waals surface area (Å²) in [5, 5.41) is 0. The van der Waals surface area contributed by atoms with E-state index in [1.54, 1.807) is 14.0 Å². The van der Waals surface area contributed by atoms with Crippen LogP contribution in [-0.2, 0) is 4.74 Å². The molecule has 4 N–H and O–H groups in total. The summed E-state index contributed by atoms with van der Waals surface area (Å²) in [6.45, 7) is 5.67. The van der Waals surface area contributed by atoms with Crippen LogP contribution in [0.5, 0.6) is 0 Å². The lowest BCUT2D eigenvalue weighted by atomic mass is 10.1. The average Bonchev–Trinajstić information content (AvgIpc) is 1.98. The molecule has 0 aromatic rings. The van der Waals surface area contributed by atoms with E-state index < -0.39 is 0 Å². The van der Waals surface area contributed by atoms with Crippen LogP contribution < -0.4 is 11.5 Å². The Labute approximate surface area is 74.1 Å². The normalized spacial score (nSPS) is 15.0. The molecule has 3 heteroatoms. The van der Waals surface area contributed by atoms with Gasteiger partial charge in [-0.3, -0.25) is 0 Å². The molecule has 0 atom stereocenters. The highest BCUT2D eigenvalue weighted by Crippen LogP contribution is 2.18. The summed E-state index contributed by atoms with van der Waals surface area (Å²) in [7, 11) is 1.60. The van der Waals surface area contributed by atoms with Crippen LogP contribution in [0.25, 0.3) is 0 Å². The van der Waals surface area contributed by atoms with Gasteiger partial charge in [0.15, 0.2) is 0 Å². The Morgan fingerprint density at radius 1 is 1.17 bits per heavy atom. The van der Waals surface area contributed by atoms with Gasteiger partial charge in [0, 0.05) is 17.0 Å². The van der Waals surface area contributed by atoms with Crippen LogP contribution in [0.4, 0.5) is 0 Å². The van der Waals surface area contributed by atoms with Crippen molar-refractivity contribution in [3.05, 3.63) is 22.7 Å². The van der Waals surface area contributed by atoms with Gasteiger partial charge in [-0.2, -0.15) is 0 Å². The van der Waals surface area contributed by atoms with Crippen molar-refractivity contribution in [3.63, 3.8) is 0 Å². The Balaban J connectivity index is 4.98. The summed E-state index contributed by atoms with van der Waals surface area (Å²) >= 11 is 0. The maximum Gasteiger partial charge on any atom is 0.142 e. The second kappa shape index (κ2) is 4.70. The number of hydrogen-bond donors (Lipinski definition) is 2. The minimum Gasteiger partial charge on any atom is -0.495 e. The van der Waals surface area contributed by atoms with Gasteiger partial charge in [0.1, 0.15) is 5.76 Å². The highest BCUT2D eigenvalue weighted by Gasteiger charge is 2.07. The van der Waals surface area contributed by atoms with Crippen LogP contribution in [-0.4, -0.2) is 7.11 Å². The largest absolute Gasteiger partial charge is 0.495 e. The quantitative estimate of drug-likeness (QED) is 0.498. The molecule has 12 heavy (non-hydrogen) atoms. The van der Waals surface area contributed by atoms with Crippen LogP contribution in [0.3, 0.4) is 0 Å². The molecule has 0 bridgehead atoms. The maximum atomic E-state index is 5.67. The average molecular weight is 170 g/mol. The third kappa shape index (κ3) is 2.49. The van der Waals surface area contributed by atoms with Gasteiger partial charge in [-0.25, -0.2) is 0 Å². The Bertz CT molecular complexity index is 185. The highest BCUT2D eigenvalue weighted by atomic mass is 16.5. The van der Waals surface area contributed by atoms with Crippen molar-refractivity contribution in [2.24, 2.45) is 11.5 Å². The molecule has 0 spiro atoms. The number of methoxy groups -OCH3 is 1. The van der Waals surface area contributed by atoms with Crippen molar-refractivity contribution in [2.45, 2.75) is 27.2 Å². The van der Waals surface area contributed by atoms with E-state index in [0.717, 1.165) is 17.7 Å². The third-order valence-corrected chi connectivity index (χ3v) is 1.67. The van der Waals surface area contributed by atoms with Crippen LogP contribution in [0, 0.1) is 0 Å². The van der Waals surface area contributed by atoms with E-state index >= 15 is 0 Å².